The van der Waals surface area contributed by atoms with Crippen molar-refractivity contribution in [2.45, 2.75) is 51.2 Å². The number of sulfonamides is 1. The highest BCUT2D eigenvalue weighted by molar-refractivity contribution is 7.89. The van der Waals surface area contributed by atoms with Gasteiger partial charge in [-0.2, -0.15) is 0 Å². The van der Waals surface area contributed by atoms with E-state index < -0.39 is 10.0 Å². The number of hydrogen-bond donors (Lipinski definition) is 2. The zero-order valence-electron chi connectivity index (χ0n) is 10.9. The molecule has 0 bridgehead atoms. The highest BCUT2D eigenvalue weighted by Gasteiger charge is 2.40. The molecule has 5 nitrogen and oxygen atoms in total. The fourth-order valence-electron chi connectivity index (χ4n) is 2.35. The molecule has 2 atom stereocenters. The molecule has 102 valence electrons. The summed E-state index contributed by atoms with van der Waals surface area (Å²) < 4.78 is 32.5. The van der Waals surface area contributed by atoms with Gasteiger partial charge in [0.2, 0.25) is 10.0 Å². The summed E-state index contributed by atoms with van der Waals surface area (Å²) in [4.78, 5) is 0.101. The van der Waals surface area contributed by atoms with Crippen LogP contribution in [0.3, 0.4) is 0 Å². The van der Waals surface area contributed by atoms with E-state index in [1.807, 2.05) is 6.92 Å². The first-order chi connectivity index (χ1) is 8.40. The first-order valence-corrected chi connectivity index (χ1v) is 7.61. The molecule has 1 fully saturated rings. The number of aliphatic hydroxyl groups is 1. The molecule has 1 aromatic heterocycles. The average molecular weight is 273 g/mol. The maximum Gasteiger partial charge on any atom is 0.244 e. The topological polar surface area (TPSA) is 79.5 Å². The van der Waals surface area contributed by atoms with E-state index >= 15 is 0 Å². The van der Waals surface area contributed by atoms with E-state index in [1.165, 1.54) is 0 Å². The molecule has 0 saturated heterocycles. The highest BCUT2D eigenvalue weighted by atomic mass is 32.2. The van der Waals surface area contributed by atoms with Gasteiger partial charge in [0.05, 0.1) is 6.61 Å². The predicted octanol–water partition coefficient (Wildman–Crippen LogP) is 1.47. The molecule has 0 radical (unpaired) electrons. The lowest BCUT2D eigenvalue weighted by Gasteiger charge is -2.06. The molecule has 2 N–H and O–H groups in total. The lowest BCUT2D eigenvalue weighted by Crippen LogP contribution is -2.28. The Balaban J connectivity index is 2.30. The average Bonchev–Trinajstić information content (AvgIpc) is 2.94. The van der Waals surface area contributed by atoms with Crippen LogP contribution in [0.4, 0.5) is 0 Å². The zero-order valence-corrected chi connectivity index (χ0v) is 11.7. The van der Waals surface area contributed by atoms with Gasteiger partial charge in [-0.05, 0) is 26.2 Å². The summed E-state index contributed by atoms with van der Waals surface area (Å²) in [6.07, 6.45) is 1.86. The summed E-state index contributed by atoms with van der Waals surface area (Å²) in [5.74, 6) is 1.22. The smallest absolute Gasteiger partial charge is 0.244 e. The van der Waals surface area contributed by atoms with Gasteiger partial charge in [-0.25, -0.2) is 13.1 Å². The molecule has 0 aliphatic heterocycles. The van der Waals surface area contributed by atoms with Crippen LogP contribution in [-0.2, 0) is 16.6 Å². The molecule has 0 spiro atoms. The van der Waals surface area contributed by atoms with Crippen LogP contribution < -0.4 is 4.72 Å². The first-order valence-electron chi connectivity index (χ1n) is 6.12. The quantitative estimate of drug-likeness (QED) is 0.851. The van der Waals surface area contributed by atoms with Crippen molar-refractivity contribution in [3.05, 3.63) is 17.1 Å². The fraction of sp³-hybridized carbons (Fsp3) is 0.667. The summed E-state index contributed by atoms with van der Waals surface area (Å²) in [6, 6.07) is 0.0288. The molecular weight excluding hydrogens is 254 g/mol. The molecule has 0 aromatic carbocycles. The molecule has 0 amide bonds. The van der Waals surface area contributed by atoms with Crippen molar-refractivity contribution >= 4 is 10.0 Å². The third kappa shape index (κ3) is 2.32. The largest absolute Gasteiger partial charge is 0.465 e. The fourth-order valence-corrected chi connectivity index (χ4v) is 4.10. The third-order valence-electron chi connectivity index (χ3n) is 3.51. The van der Waals surface area contributed by atoms with Crippen LogP contribution in [-0.4, -0.2) is 19.6 Å². The Morgan fingerprint density at radius 1 is 1.39 bits per heavy atom. The van der Waals surface area contributed by atoms with Gasteiger partial charge in [-0.3, -0.25) is 0 Å². The number of aliphatic hydroxyl groups excluding tert-OH is 1. The van der Waals surface area contributed by atoms with Crippen LogP contribution in [0, 0.1) is 19.8 Å². The summed E-state index contributed by atoms with van der Waals surface area (Å²) in [6.45, 7) is 4.97. The lowest BCUT2D eigenvalue weighted by molar-refractivity contribution is 0.276. The SMILES string of the molecule is CCC1CC1NS(=O)(=O)c1c(C)oc(C)c1CO. The van der Waals surface area contributed by atoms with E-state index in [0.29, 0.717) is 23.0 Å². The van der Waals surface area contributed by atoms with E-state index in [1.54, 1.807) is 13.8 Å². The number of nitrogens with one attached hydrogen (secondary N) is 1. The number of rotatable bonds is 5. The molecule has 1 saturated carbocycles. The van der Waals surface area contributed by atoms with E-state index in [2.05, 4.69) is 4.72 Å². The molecule has 18 heavy (non-hydrogen) atoms. The minimum Gasteiger partial charge on any atom is -0.465 e. The Kier molecular flexibility index (Phi) is 3.53. The second kappa shape index (κ2) is 4.68. The second-order valence-corrected chi connectivity index (χ2v) is 6.46. The van der Waals surface area contributed by atoms with Crippen LogP contribution in [0.1, 0.15) is 36.8 Å². The van der Waals surface area contributed by atoms with Crippen LogP contribution in [0.5, 0.6) is 0 Å². The van der Waals surface area contributed by atoms with Gasteiger partial charge in [0.15, 0.2) is 0 Å². The van der Waals surface area contributed by atoms with Gasteiger partial charge in [0.25, 0.3) is 0 Å². The van der Waals surface area contributed by atoms with Crippen molar-refractivity contribution < 1.29 is 17.9 Å². The van der Waals surface area contributed by atoms with Gasteiger partial charge < -0.3 is 9.52 Å². The Hall–Kier alpha value is -0.850. The molecule has 1 aromatic rings. The lowest BCUT2D eigenvalue weighted by atomic mass is 10.2. The van der Waals surface area contributed by atoms with E-state index in [4.69, 9.17) is 4.42 Å². The van der Waals surface area contributed by atoms with Crippen LogP contribution in [0.2, 0.25) is 0 Å². The highest BCUT2D eigenvalue weighted by Crippen LogP contribution is 2.35. The van der Waals surface area contributed by atoms with Crippen molar-refractivity contribution in [1.29, 1.82) is 0 Å². The molecule has 1 aliphatic carbocycles. The van der Waals surface area contributed by atoms with Crippen molar-refractivity contribution in [3.63, 3.8) is 0 Å². The van der Waals surface area contributed by atoms with Crippen LogP contribution in [0.25, 0.3) is 0 Å². The summed E-state index contributed by atoms with van der Waals surface area (Å²) in [5.41, 5.74) is 0.355. The zero-order chi connectivity index (χ0) is 13.5. The molecule has 2 rings (SSSR count). The van der Waals surface area contributed by atoms with E-state index in [9.17, 15) is 13.5 Å². The number of furan rings is 1. The summed E-state index contributed by atoms with van der Waals surface area (Å²) in [7, 11) is -3.60. The summed E-state index contributed by atoms with van der Waals surface area (Å²) >= 11 is 0. The van der Waals surface area contributed by atoms with Gasteiger partial charge in [0.1, 0.15) is 16.4 Å². The van der Waals surface area contributed by atoms with Crippen LogP contribution in [0.15, 0.2) is 9.31 Å². The Morgan fingerprint density at radius 2 is 2.06 bits per heavy atom. The minimum absolute atomic E-state index is 0.0288. The predicted molar refractivity (Wildman–Crippen MR) is 66.6 cm³/mol. The van der Waals surface area contributed by atoms with Crippen molar-refractivity contribution in [3.8, 4) is 0 Å². The van der Waals surface area contributed by atoms with Crippen molar-refractivity contribution in [1.82, 2.24) is 4.72 Å². The molecule has 1 heterocycles. The minimum atomic E-state index is -3.60. The molecule has 6 heteroatoms. The standard InChI is InChI=1S/C12H19NO4S/c1-4-9-5-11(9)13-18(15,16)12-8(3)17-7(2)10(12)6-14/h9,11,13-14H,4-6H2,1-3H3. The molecule has 1 aliphatic rings. The molecular formula is C12H19NO4S. The Morgan fingerprint density at radius 3 is 2.56 bits per heavy atom. The van der Waals surface area contributed by atoms with E-state index in [-0.39, 0.29) is 17.5 Å². The maximum atomic E-state index is 12.3. The number of aryl methyl sites for hydroxylation is 2. The normalized spacial score (nSPS) is 23.3. The van der Waals surface area contributed by atoms with Gasteiger partial charge >= 0.3 is 0 Å². The second-order valence-electron chi connectivity index (χ2n) is 4.81. The first kappa shape index (κ1) is 13.6. The summed E-state index contributed by atoms with van der Waals surface area (Å²) in [5, 5.41) is 9.27. The monoisotopic (exact) mass is 273 g/mol. The van der Waals surface area contributed by atoms with Gasteiger partial charge in [-0.1, -0.05) is 13.3 Å². The molecule has 2 unspecified atom stereocenters. The van der Waals surface area contributed by atoms with E-state index in [0.717, 1.165) is 12.8 Å². The van der Waals surface area contributed by atoms with Crippen LogP contribution >= 0.6 is 0 Å². The van der Waals surface area contributed by atoms with Gasteiger partial charge in [-0.15, -0.1) is 0 Å². The van der Waals surface area contributed by atoms with Crippen molar-refractivity contribution in [2.24, 2.45) is 5.92 Å². The third-order valence-corrected chi connectivity index (χ3v) is 5.19. The Labute approximate surface area is 107 Å². The number of hydrogen-bond acceptors (Lipinski definition) is 4. The maximum absolute atomic E-state index is 12.3. The van der Waals surface area contributed by atoms with Gasteiger partial charge in [0, 0.05) is 11.6 Å². The Bertz CT molecular complexity index is 547. The van der Waals surface area contributed by atoms with Crippen molar-refractivity contribution in [2.75, 3.05) is 0 Å².